The van der Waals surface area contributed by atoms with Crippen molar-refractivity contribution in [2.75, 3.05) is 14.1 Å². The molecule has 23 heavy (non-hydrogen) atoms. The van der Waals surface area contributed by atoms with Gasteiger partial charge in [-0.25, -0.2) is 0 Å². The molecular formula is C17H30N2O3S. The summed E-state index contributed by atoms with van der Waals surface area (Å²) in [5.41, 5.74) is 7.06. The Morgan fingerprint density at radius 3 is 2.04 bits per heavy atom. The lowest BCUT2D eigenvalue weighted by Gasteiger charge is -2.31. The molecule has 1 saturated carbocycles. The van der Waals surface area contributed by atoms with E-state index in [2.05, 4.69) is 19.0 Å². The summed E-state index contributed by atoms with van der Waals surface area (Å²) < 4.78 is 29.6. The van der Waals surface area contributed by atoms with E-state index in [0.717, 1.165) is 5.56 Å². The van der Waals surface area contributed by atoms with Crippen LogP contribution in [0.5, 0.6) is 0 Å². The van der Waals surface area contributed by atoms with Gasteiger partial charge >= 0.3 is 0 Å². The first-order chi connectivity index (χ1) is 10.7. The molecule has 0 saturated heterocycles. The van der Waals surface area contributed by atoms with Crippen molar-refractivity contribution in [1.29, 1.82) is 0 Å². The van der Waals surface area contributed by atoms with Gasteiger partial charge in [0.2, 0.25) is 0 Å². The monoisotopic (exact) mass is 342 g/mol. The van der Waals surface area contributed by atoms with Gasteiger partial charge in [-0.3, -0.25) is 4.55 Å². The maximum atomic E-state index is 10.5. The van der Waals surface area contributed by atoms with Gasteiger partial charge in [0, 0.05) is 12.1 Å². The molecule has 6 heteroatoms. The van der Waals surface area contributed by atoms with E-state index in [1.807, 2.05) is 6.92 Å². The number of rotatable bonds is 2. The molecule has 0 bridgehead atoms. The van der Waals surface area contributed by atoms with Crippen LogP contribution in [0, 0.1) is 6.92 Å². The van der Waals surface area contributed by atoms with Crippen molar-refractivity contribution in [3.63, 3.8) is 0 Å². The number of aryl methyl sites for hydroxylation is 1. The molecule has 0 aromatic heterocycles. The Morgan fingerprint density at radius 1 is 1.04 bits per heavy atom. The third-order valence-corrected chi connectivity index (χ3v) is 5.13. The van der Waals surface area contributed by atoms with Crippen molar-refractivity contribution in [3.05, 3.63) is 29.8 Å². The van der Waals surface area contributed by atoms with E-state index in [1.54, 1.807) is 12.1 Å². The molecule has 1 fully saturated rings. The summed E-state index contributed by atoms with van der Waals surface area (Å²) in [6.45, 7) is 1.84. The van der Waals surface area contributed by atoms with E-state index in [4.69, 9.17) is 10.3 Å². The smallest absolute Gasteiger partial charge is 0.294 e. The summed E-state index contributed by atoms with van der Waals surface area (Å²) in [5, 5.41) is 0. The van der Waals surface area contributed by atoms with E-state index in [9.17, 15) is 8.42 Å². The van der Waals surface area contributed by atoms with E-state index in [0.29, 0.717) is 12.1 Å². The van der Waals surface area contributed by atoms with Crippen LogP contribution in [-0.2, 0) is 10.1 Å². The van der Waals surface area contributed by atoms with E-state index in [1.165, 1.54) is 50.7 Å². The van der Waals surface area contributed by atoms with Crippen LogP contribution in [0.1, 0.15) is 44.1 Å². The summed E-state index contributed by atoms with van der Waals surface area (Å²) >= 11 is 0. The molecule has 1 aromatic rings. The Bertz CT molecular complexity index is 556. The zero-order chi connectivity index (χ0) is 17.5. The highest BCUT2D eigenvalue weighted by atomic mass is 32.2. The van der Waals surface area contributed by atoms with Gasteiger partial charge in [-0.2, -0.15) is 8.42 Å². The number of hydrogen-bond donors (Lipinski definition) is 2. The normalized spacial score (nSPS) is 22.7. The molecule has 2 rings (SSSR count). The van der Waals surface area contributed by atoms with Crippen molar-refractivity contribution in [1.82, 2.24) is 4.90 Å². The quantitative estimate of drug-likeness (QED) is 0.808. The van der Waals surface area contributed by atoms with E-state index < -0.39 is 10.1 Å². The highest BCUT2D eigenvalue weighted by Gasteiger charge is 2.20. The van der Waals surface area contributed by atoms with Crippen LogP contribution in [0.3, 0.4) is 0 Å². The molecule has 0 radical (unpaired) electrons. The lowest BCUT2D eigenvalue weighted by Crippen LogP contribution is -2.44. The zero-order valence-electron chi connectivity index (χ0n) is 14.4. The minimum Gasteiger partial charge on any atom is -0.326 e. The average Bonchev–Trinajstić information content (AvgIpc) is 2.43. The molecule has 5 nitrogen and oxygen atoms in total. The Labute approximate surface area is 140 Å². The molecular weight excluding hydrogens is 312 g/mol. The Kier molecular flexibility index (Phi) is 8.19. The van der Waals surface area contributed by atoms with Gasteiger partial charge in [-0.05, 0) is 46.0 Å². The largest absolute Gasteiger partial charge is 0.326 e. The van der Waals surface area contributed by atoms with Crippen molar-refractivity contribution < 1.29 is 13.0 Å². The summed E-state index contributed by atoms with van der Waals surface area (Å²) in [4.78, 5) is 2.22. The molecule has 1 aliphatic rings. The van der Waals surface area contributed by atoms with Crippen molar-refractivity contribution in [3.8, 4) is 0 Å². The van der Waals surface area contributed by atoms with E-state index >= 15 is 0 Å². The Balaban J connectivity index is 0.000000231. The van der Waals surface area contributed by atoms with Gasteiger partial charge < -0.3 is 10.6 Å². The molecule has 0 heterocycles. The maximum absolute atomic E-state index is 10.5. The van der Waals surface area contributed by atoms with Crippen molar-refractivity contribution in [2.24, 2.45) is 5.73 Å². The van der Waals surface area contributed by atoms with Gasteiger partial charge in [-0.15, -0.1) is 0 Å². The van der Waals surface area contributed by atoms with Gasteiger partial charge in [0.05, 0.1) is 4.90 Å². The lowest BCUT2D eigenvalue weighted by molar-refractivity contribution is 0.216. The van der Waals surface area contributed by atoms with Crippen molar-refractivity contribution >= 4 is 10.1 Å². The standard InChI is InChI=1S/C10H22N2.C7H8O3S/c1-12(2)10-8-6-4-3-5-7-9(10)11;1-6-2-4-7(5-3-6)11(8,9)10/h9-10H,3-8,11H2,1-2H3;2-5H,1H3,(H,8,9,10)/t9-,10-;/m0./s1. The molecule has 132 valence electrons. The Morgan fingerprint density at radius 2 is 1.57 bits per heavy atom. The van der Waals surface area contributed by atoms with Crippen molar-refractivity contribution in [2.45, 2.75) is 62.4 Å². The predicted molar refractivity (Wildman–Crippen MR) is 94.1 cm³/mol. The van der Waals surface area contributed by atoms with Crippen LogP contribution in [0.15, 0.2) is 29.2 Å². The number of likely N-dealkylation sites (N-methyl/N-ethyl adjacent to an activating group) is 1. The highest BCUT2D eigenvalue weighted by Crippen LogP contribution is 2.19. The highest BCUT2D eigenvalue weighted by molar-refractivity contribution is 7.85. The summed E-state index contributed by atoms with van der Waals surface area (Å²) in [5.74, 6) is 0. The van der Waals surface area contributed by atoms with Gasteiger partial charge in [0.1, 0.15) is 0 Å². The third kappa shape index (κ3) is 7.44. The molecule has 1 aliphatic carbocycles. The zero-order valence-corrected chi connectivity index (χ0v) is 15.2. The fraction of sp³-hybridized carbons (Fsp3) is 0.647. The maximum Gasteiger partial charge on any atom is 0.294 e. The number of benzene rings is 1. The molecule has 0 amide bonds. The summed E-state index contributed by atoms with van der Waals surface area (Å²) in [7, 11) is 0.270. The topological polar surface area (TPSA) is 83.6 Å². The van der Waals surface area contributed by atoms with Crippen LogP contribution < -0.4 is 5.73 Å². The minimum atomic E-state index is -4.02. The molecule has 0 unspecified atom stereocenters. The number of hydrogen-bond acceptors (Lipinski definition) is 4. The van der Waals surface area contributed by atoms with Crippen LogP contribution >= 0.6 is 0 Å². The average molecular weight is 343 g/mol. The summed E-state index contributed by atoms with van der Waals surface area (Å²) in [6.07, 6.45) is 7.96. The third-order valence-electron chi connectivity index (χ3n) is 4.26. The van der Waals surface area contributed by atoms with Crippen LogP contribution in [0.25, 0.3) is 0 Å². The second-order valence-corrected chi connectivity index (χ2v) is 7.90. The fourth-order valence-corrected chi connectivity index (χ4v) is 3.32. The second kappa shape index (κ2) is 9.37. The first-order valence-corrected chi connectivity index (χ1v) is 9.62. The minimum absolute atomic E-state index is 0.0666. The molecule has 2 atom stereocenters. The lowest BCUT2D eigenvalue weighted by atomic mass is 9.92. The Hall–Kier alpha value is -0.950. The number of nitrogens with two attached hydrogens (primary N) is 1. The first kappa shape index (κ1) is 20.1. The van der Waals surface area contributed by atoms with E-state index in [-0.39, 0.29) is 4.90 Å². The summed E-state index contributed by atoms with van der Waals surface area (Å²) in [6, 6.07) is 7.01. The molecule has 0 aliphatic heterocycles. The molecule has 1 aromatic carbocycles. The van der Waals surface area contributed by atoms with Gasteiger partial charge in [0.25, 0.3) is 10.1 Å². The van der Waals surface area contributed by atoms with Crippen LogP contribution in [-0.4, -0.2) is 44.0 Å². The van der Waals surface area contributed by atoms with Gasteiger partial charge in [-0.1, -0.05) is 43.4 Å². The molecule has 0 spiro atoms. The van der Waals surface area contributed by atoms with Crippen LogP contribution in [0.4, 0.5) is 0 Å². The number of nitrogens with zero attached hydrogens (tertiary/aromatic N) is 1. The molecule has 3 N–H and O–H groups in total. The van der Waals surface area contributed by atoms with Crippen LogP contribution in [0.2, 0.25) is 0 Å². The fourth-order valence-electron chi connectivity index (χ4n) is 2.84. The predicted octanol–water partition coefficient (Wildman–Crippen LogP) is 2.84. The second-order valence-electron chi connectivity index (χ2n) is 6.47. The SMILES string of the molecule is CN(C)[C@H]1CCCCCC[C@@H]1N.Cc1ccc(S(=O)(=O)O)cc1. The first-order valence-electron chi connectivity index (χ1n) is 8.18. The van der Waals surface area contributed by atoms with Gasteiger partial charge in [0.15, 0.2) is 0 Å².